The molecule has 0 unspecified atom stereocenters. The van der Waals surface area contributed by atoms with Crippen molar-refractivity contribution >= 4 is 59.2 Å². The Hall–Kier alpha value is -12.8. The lowest BCUT2D eigenvalue weighted by molar-refractivity contribution is -0.159. The van der Waals surface area contributed by atoms with E-state index in [-0.39, 0.29) is 31.2 Å². The smallest absolute Gasteiger partial charge is 0.329 e. The van der Waals surface area contributed by atoms with Crippen molar-refractivity contribution < 1.29 is 52.5 Å². The van der Waals surface area contributed by atoms with E-state index in [9.17, 15) is 9.59 Å². The van der Waals surface area contributed by atoms with Crippen molar-refractivity contribution in [1.82, 2.24) is 26.6 Å². The first-order chi connectivity index (χ1) is 66.6. The molecule has 0 aromatic heterocycles. The predicted molar refractivity (Wildman–Crippen MR) is 549 cm³/mol. The second-order valence-electron chi connectivity index (χ2n) is 37.1. The highest BCUT2D eigenvalue weighted by Gasteiger charge is 2.45. The number of amides is 2. The number of carbonyl (C=O) groups is 6. The highest BCUT2D eigenvalue weighted by atomic mass is 32.2. The number of carbonyl (C=O) groups excluding carboxylic acids is 6. The van der Waals surface area contributed by atoms with E-state index in [1.807, 2.05) is 257 Å². The molecule has 15 rings (SSSR count). The van der Waals surface area contributed by atoms with E-state index < -0.39 is 104 Å². The molecule has 17 nitrogen and oxygen atoms in total. The van der Waals surface area contributed by atoms with E-state index in [4.69, 9.17) is 29.4 Å². The first-order valence-corrected chi connectivity index (χ1v) is 49.8. The highest BCUT2D eigenvalue weighted by Crippen LogP contribution is 2.53. The zero-order valence-corrected chi connectivity index (χ0v) is 80.5. The highest BCUT2D eigenvalue weighted by molar-refractivity contribution is 8.01. The van der Waals surface area contributed by atoms with Gasteiger partial charge in [-0.15, -0.1) is 23.5 Å². The van der Waals surface area contributed by atoms with E-state index in [1.54, 1.807) is 44.3 Å². The Bertz CT molecular complexity index is 5720. The number of rotatable bonds is 46. The first kappa shape index (κ1) is 98.7. The Morgan fingerprint density at radius 2 is 0.540 bits per heavy atom. The van der Waals surface area contributed by atoms with Gasteiger partial charge >= 0.3 is 23.9 Å². The van der Waals surface area contributed by atoms with E-state index in [0.29, 0.717) is 70.3 Å². The molecule has 0 saturated heterocycles. The van der Waals surface area contributed by atoms with Gasteiger partial charge in [0.2, 0.25) is 11.8 Å². The van der Waals surface area contributed by atoms with E-state index in [1.165, 1.54) is 0 Å². The van der Waals surface area contributed by atoms with Crippen molar-refractivity contribution in [2.24, 2.45) is 5.73 Å². The Labute approximate surface area is 815 Å². The molecule has 0 spiro atoms. The lowest BCUT2D eigenvalue weighted by atomic mass is 9.80. The minimum Gasteiger partial charge on any atom is -0.459 e. The largest absolute Gasteiger partial charge is 0.459 e. The third-order valence-electron chi connectivity index (χ3n) is 25.2. The molecule has 19 heteroatoms. The maximum Gasteiger partial charge on any atom is 0.329 e. The van der Waals surface area contributed by atoms with Gasteiger partial charge in [0.1, 0.15) is 53.1 Å². The molecule has 704 valence electrons. The fraction of sp³-hybridized carbons (Fsp3) is 0.288. The van der Waals surface area contributed by atoms with Crippen LogP contribution in [0.1, 0.15) is 184 Å². The molecular formula is C118H124N6O11S2. The summed E-state index contributed by atoms with van der Waals surface area (Å²) in [6.45, 7) is 11.6. The number of nitrogens with two attached hydrogens (primary N) is 1. The molecule has 137 heavy (non-hydrogen) atoms. The second kappa shape index (κ2) is 46.8. The zero-order chi connectivity index (χ0) is 95.6. The summed E-state index contributed by atoms with van der Waals surface area (Å²) in [6, 6.07) is 118. The van der Waals surface area contributed by atoms with Crippen molar-refractivity contribution in [3.05, 3.63) is 442 Å². The molecule has 0 heterocycles. The van der Waals surface area contributed by atoms with Crippen LogP contribution in [-0.4, -0.2) is 121 Å². The molecule has 2 amide bonds. The molecule has 0 saturated carbocycles. The number of unbranched alkanes of at least 4 members (excludes halogenated alkanes) is 3. The van der Waals surface area contributed by atoms with Crippen LogP contribution >= 0.6 is 23.5 Å². The van der Waals surface area contributed by atoms with Crippen LogP contribution in [0.5, 0.6) is 0 Å². The van der Waals surface area contributed by atoms with Gasteiger partial charge in [-0.05, 0) is 185 Å². The Kier molecular flexibility index (Phi) is 33.7. The summed E-state index contributed by atoms with van der Waals surface area (Å²) < 4.78 is 31.3. The number of esters is 4. The summed E-state index contributed by atoms with van der Waals surface area (Å²) in [5.41, 5.74) is 20.5. The van der Waals surface area contributed by atoms with Gasteiger partial charge in [0.15, 0.2) is 12.2 Å². The molecule has 0 bridgehead atoms. The number of ether oxygens (including phenoxy) is 5. The standard InChI is InChI=1S/C118H124N6O11S2/c1-114(2,3)134-112(129)102(75-43-46-78-121-104(110(127)132-106-96-70-38-34-66-92(96)93-67-35-39-71-97(93)106)81-136-117(86-54-22-10-23-55-86,87-56-24-11-25-57-87)88-58-26-12-27-59-88)120-77-45-42-74-101(123-108(125)100(119)80-131-116(83-48-16-7-17-49-83,84-50-18-8-19-51-84)85-52-20-9-21-53-85)109(126)124-103(113(130)135-115(4,5)6)76-44-47-79-122-105(111(128)133-107-98-72-40-36-68-94(98)95-69-37-41-73-99(95)107)82-137-118(89-60-28-13-29-61-89,90-62-30-14-31-63-90)91-64-32-15-33-65-91/h7-41,48-73,100-107,120-122H,42-47,74-82,119H2,1-6H3,(H,123,125)(H,124,126)/t100-,101-,102-,103-,104-,105-/m0/s1. The molecule has 13 aromatic rings. The van der Waals surface area contributed by atoms with Gasteiger partial charge in [0, 0.05) is 33.8 Å². The molecule has 2 aliphatic carbocycles. The molecule has 2 aliphatic rings. The third-order valence-corrected chi connectivity index (χ3v) is 28.5. The number of nitrogens with one attached hydrogen (secondary N) is 5. The summed E-state index contributed by atoms with van der Waals surface area (Å²) in [4.78, 5) is 90.7. The molecule has 0 aliphatic heterocycles. The SMILES string of the molecule is CC(C)(C)OC(=O)[C@H](CCCCN[C@@H](CSC(c1ccccc1)(c1ccccc1)c1ccccc1)C(=O)OC1c2ccccc2-c2ccccc21)NCCCC[C@H](NC(=O)[C@@H](N)COC(c1ccccc1)(c1ccccc1)c1ccccc1)C(=O)N[C@@H](CCCCN[C@@H](CSC(c1ccccc1)(c1ccccc1)c1ccccc1)C(=O)OC1c2ccccc2-c2ccccc21)C(=O)OC(C)(C)C. The van der Waals surface area contributed by atoms with Crippen LogP contribution in [0.3, 0.4) is 0 Å². The van der Waals surface area contributed by atoms with Gasteiger partial charge < -0.3 is 56.0 Å². The van der Waals surface area contributed by atoms with Gasteiger partial charge in [-0.3, -0.25) is 24.0 Å². The van der Waals surface area contributed by atoms with Crippen LogP contribution < -0.4 is 32.3 Å². The number of benzene rings is 13. The van der Waals surface area contributed by atoms with Gasteiger partial charge in [-0.25, -0.2) is 4.79 Å². The van der Waals surface area contributed by atoms with E-state index in [2.05, 4.69) is 160 Å². The van der Waals surface area contributed by atoms with Crippen LogP contribution in [0, 0.1) is 0 Å². The van der Waals surface area contributed by atoms with Crippen LogP contribution in [0.4, 0.5) is 0 Å². The monoisotopic (exact) mass is 1860 g/mol. The lowest BCUT2D eigenvalue weighted by Crippen LogP contribution is -2.56. The first-order valence-electron chi connectivity index (χ1n) is 47.8. The fourth-order valence-corrected chi connectivity index (χ4v) is 21.8. The van der Waals surface area contributed by atoms with Crippen LogP contribution in [0.15, 0.2) is 370 Å². The van der Waals surface area contributed by atoms with Crippen LogP contribution in [0.2, 0.25) is 0 Å². The quantitative estimate of drug-likeness (QED) is 0.00901. The van der Waals surface area contributed by atoms with Gasteiger partial charge in [0.25, 0.3) is 0 Å². The molecule has 0 radical (unpaired) electrons. The van der Waals surface area contributed by atoms with Crippen molar-refractivity contribution in [2.75, 3.05) is 37.7 Å². The van der Waals surface area contributed by atoms with Crippen molar-refractivity contribution in [1.29, 1.82) is 0 Å². The number of hydrogen-bond acceptors (Lipinski definition) is 17. The zero-order valence-electron chi connectivity index (χ0n) is 78.8. The minimum absolute atomic E-state index is 0.0843. The number of thioether (sulfide) groups is 2. The van der Waals surface area contributed by atoms with Crippen molar-refractivity contribution in [2.45, 2.75) is 174 Å². The van der Waals surface area contributed by atoms with Crippen molar-refractivity contribution in [3.63, 3.8) is 0 Å². The third kappa shape index (κ3) is 24.2. The number of hydrogen-bond donors (Lipinski definition) is 6. The van der Waals surface area contributed by atoms with E-state index in [0.717, 1.165) is 94.6 Å². The summed E-state index contributed by atoms with van der Waals surface area (Å²) >= 11 is 3.34. The van der Waals surface area contributed by atoms with Gasteiger partial charge in [-0.2, -0.15) is 0 Å². The average Bonchev–Trinajstić information content (AvgIpc) is 1.68. The molecule has 13 aromatic carbocycles. The maximum absolute atomic E-state index is 15.6. The minimum atomic E-state index is -1.32. The normalized spacial score (nSPS) is 13.9. The average molecular weight is 1870 g/mol. The van der Waals surface area contributed by atoms with Gasteiger partial charge in [0.05, 0.1) is 16.1 Å². The van der Waals surface area contributed by atoms with E-state index >= 15 is 19.2 Å². The number of fused-ring (bicyclic) bond motifs is 6. The molecular weight excluding hydrogens is 1740 g/mol. The Morgan fingerprint density at radius 3 is 0.839 bits per heavy atom. The fourth-order valence-electron chi connectivity index (χ4n) is 18.7. The van der Waals surface area contributed by atoms with Crippen molar-refractivity contribution in [3.8, 4) is 22.3 Å². The van der Waals surface area contributed by atoms with Gasteiger partial charge in [-0.1, -0.05) is 376 Å². The summed E-state index contributed by atoms with van der Waals surface area (Å²) in [6.07, 6.45) is 2.06. The molecule has 7 N–H and O–H groups in total. The summed E-state index contributed by atoms with van der Waals surface area (Å²) in [7, 11) is 0. The topological polar surface area (TPSA) is 235 Å². The molecule has 0 fully saturated rings. The van der Waals surface area contributed by atoms with Crippen LogP contribution in [0.25, 0.3) is 22.3 Å². The Morgan fingerprint density at radius 1 is 0.292 bits per heavy atom. The maximum atomic E-state index is 15.6. The molecule has 6 atom stereocenters. The lowest BCUT2D eigenvalue weighted by Gasteiger charge is -2.36. The summed E-state index contributed by atoms with van der Waals surface area (Å²) in [5.74, 6) is -2.61. The predicted octanol–water partition coefficient (Wildman–Crippen LogP) is 21.4. The summed E-state index contributed by atoms with van der Waals surface area (Å²) in [5, 5.41) is 16.9. The second-order valence-corrected chi connectivity index (χ2v) is 39.5. The Balaban J connectivity index is 0.656. The van der Waals surface area contributed by atoms with Crippen LogP contribution in [-0.2, 0) is 67.5 Å².